The number of aromatic nitrogens is 1. The van der Waals surface area contributed by atoms with E-state index < -0.39 is 0 Å². The molecule has 2 rings (SSSR count). The second kappa shape index (κ2) is 3.77. The monoisotopic (exact) mass is 192 g/mol. The molecule has 0 fully saturated rings. The van der Waals surface area contributed by atoms with Gasteiger partial charge in [-0.15, -0.1) is 0 Å². The fraction of sp³-hybridized carbons (Fsp3) is 0.667. The van der Waals surface area contributed by atoms with E-state index in [0.717, 1.165) is 6.42 Å². The zero-order valence-electron chi connectivity index (χ0n) is 9.30. The van der Waals surface area contributed by atoms with Gasteiger partial charge in [-0.1, -0.05) is 20.8 Å². The van der Waals surface area contributed by atoms with E-state index in [1.807, 2.05) is 0 Å². The quantitative estimate of drug-likeness (QED) is 0.740. The lowest BCUT2D eigenvalue weighted by molar-refractivity contribution is 0.327. The van der Waals surface area contributed by atoms with Crippen LogP contribution in [0.3, 0.4) is 0 Å². The summed E-state index contributed by atoms with van der Waals surface area (Å²) in [5.74, 6) is 0.666. The summed E-state index contributed by atoms with van der Waals surface area (Å²) in [6.45, 7) is 6.82. The normalized spacial score (nSPS) is 26.6. The molecule has 0 amide bonds. The van der Waals surface area contributed by atoms with Gasteiger partial charge in [0.25, 0.3) is 0 Å². The number of aromatic amines is 1. The molecule has 0 spiro atoms. The Bertz CT molecular complexity index is 301. The molecular weight excluding hydrogens is 172 g/mol. The molecule has 1 aromatic heterocycles. The smallest absolute Gasteiger partial charge is 0.0363 e. The first kappa shape index (κ1) is 9.78. The molecule has 2 heteroatoms. The van der Waals surface area contributed by atoms with Crippen LogP contribution in [0.15, 0.2) is 12.3 Å². The standard InChI is InChI=1S/C12H20N2/c1-4-9-7-11-10(5-6-13-11)12(14-9)8(2)3/h5-6,8-9,12-14H,4,7H2,1-3H3/t9-,12-/m1/s1. The van der Waals surface area contributed by atoms with Crippen LogP contribution >= 0.6 is 0 Å². The zero-order valence-corrected chi connectivity index (χ0v) is 9.30. The fourth-order valence-corrected chi connectivity index (χ4v) is 2.35. The summed E-state index contributed by atoms with van der Waals surface area (Å²) in [6.07, 6.45) is 4.43. The third kappa shape index (κ3) is 1.59. The molecule has 0 saturated carbocycles. The van der Waals surface area contributed by atoms with E-state index in [1.54, 1.807) is 0 Å². The number of rotatable bonds is 2. The lowest BCUT2D eigenvalue weighted by Crippen LogP contribution is -2.40. The van der Waals surface area contributed by atoms with Crippen LogP contribution in [0.25, 0.3) is 0 Å². The Kier molecular flexibility index (Phi) is 2.64. The van der Waals surface area contributed by atoms with Crippen LogP contribution in [-0.4, -0.2) is 11.0 Å². The van der Waals surface area contributed by atoms with Gasteiger partial charge in [0, 0.05) is 30.4 Å². The second-order valence-electron chi connectivity index (χ2n) is 4.61. The van der Waals surface area contributed by atoms with Gasteiger partial charge in [-0.25, -0.2) is 0 Å². The van der Waals surface area contributed by atoms with Crippen molar-refractivity contribution in [3.05, 3.63) is 23.5 Å². The van der Waals surface area contributed by atoms with Crippen molar-refractivity contribution in [1.82, 2.24) is 10.3 Å². The molecular formula is C12H20N2. The van der Waals surface area contributed by atoms with Gasteiger partial charge in [0.1, 0.15) is 0 Å². The van der Waals surface area contributed by atoms with E-state index in [-0.39, 0.29) is 0 Å². The zero-order chi connectivity index (χ0) is 10.1. The maximum atomic E-state index is 3.72. The molecule has 0 aliphatic carbocycles. The van der Waals surface area contributed by atoms with E-state index in [1.165, 1.54) is 17.7 Å². The molecule has 78 valence electrons. The summed E-state index contributed by atoms with van der Waals surface area (Å²) in [5.41, 5.74) is 2.92. The van der Waals surface area contributed by atoms with Crippen LogP contribution in [0.5, 0.6) is 0 Å². The third-order valence-corrected chi connectivity index (χ3v) is 3.23. The average Bonchev–Trinajstić information content (AvgIpc) is 2.63. The summed E-state index contributed by atoms with van der Waals surface area (Å²) in [5, 5.41) is 3.72. The molecule has 1 aromatic rings. The van der Waals surface area contributed by atoms with Gasteiger partial charge in [0.15, 0.2) is 0 Å². The van der Waals surface area contributed by atoms with E-state index in [4.69, 9.17) is 0 Å². The number of H-pyrrole nitrogens is 1. The van der Waals surface area contributed by atoms with Crippen LogP contribution in [0, 0.1) is 5.92 Å². The molecule has 0 aromatic carbocycles. The molecule has 2 heterocycles. The van der Waals surface area contributed by atoms with Gasteiger partial charge in [-0.2, -0.15) is 0 Å². The van der Waals surface area contributed by atoms with Gasteiger partial charge < -0.3 is 10.3 Å². The molecule has 1 aliphatic rings. The fourth-order valence-electron chi connectivity index (χ4n) is 2.35. The first-order valence-electron chi connectivity index (χ1n) is 5.64. The highest BCUT2D eigenvalue weighted by Crippen LogP contribution is 2.30. The van der Waals surface area contributed by atoms with Crippen molar-refractivity contribution in [2.75, 3.05) is 0 Å². The van der Waals surface area contributed by atoms with Crippen LogP contribution in [-0.2, 0) is 6.42 Å². The second-order valence-corrected chi connectivity index (χ2v) is 4.61. The lowest BCUT2D eigenvalue weighted by atomic mass is 9.88. The Morgan fingerprint density at radius 3 is 2.93 bits per heavy atom. The maximum Gasteiger partial charge on any atom is 0.0363 e. The van der Waals surface area contributed by atoms with Crippen molar-refractivity contribution in [2.24, 2.45) is 5.92 Å². The molecule has 0 radical (unpaired) electrons. The molecule has 2 nitrogen and oxygen atoms in total. The molecule has 1 aliphatic heterocycles. The number of hydrogen-bond acceptors (Lipinski definition) is 1. The highest BCUT2D eigenvalue weighted by Gasteiger charge is 2.27. The van der Waals surface area contributed by atoms with Gasteiger partial charge in [0.2, 0.25) is 0 Å². The molecule has 2 atom stereocenters. The van der Waals surface area contributed by atoms with Crippen molar-refractivity contribution < 1.29 is 0 Å². The summed E-state index contributed by atoms with van der Waals surface area (Å²) in [4.78, 5) is 3.37. The van der Waals surface area contributed by atoms with E-state index >= 15 is 0 Å². The van der Waals surface area contributed by atoms with Crippen LogP contribution in [0.4, 0.5) is 0 Å². The molecule has 2 N–H and O–H groups in total. The van der Waals surface area contributed by atoms with Crippen molar-refractivity contribution in [3.63, 3.8) is 0 Å². The highest BCUT2D eigenvalue weighted by atomic mass is 15.0. The van der Waals surface area contributed by atoms with Crippen molar-refractivity contribution >= 4 is 0 Å². The Hall–Kier alpha value is -0.760. The number of nitrogens with one attached hydrogen (secondary N) is 2. The first-order chi connectivity index (χ1) is 6.72. The predicted molar refractivity (Wildman–Crippen MR) is 59.3 cm³/mol. The number of fused-ring (bicyclic) bond motifs is 1. The predicted octanol–water partition coefficient (Wildman–Crippen LogP) is 2.64. The Morgan fingerprint density at radius 2 is 2.29 bits per heavy atom. The molecule has 0 saturated heterocycles. The van der Waals surface area contributed by atoms with Crippen LogP contribution < -0.4 is 5.32 Å². The lowest BCUT2D eigenvalue weighted by Gasteiger charge is -2.33. The number of hydrogen-bond donors (Lipinski definition) is 2. The van der Waals surface area contributed by atoms with Crippen molar-refractivity contribution in [1.29, 1.82) is 0 Å². The van der Waals surface area contributed by atoms with Crippen molar-refractivity contribution in [3.8, 4) is 0 Å². The van der Waals surface area contributed by atoms with Gasteiger partial charge in [-0.3, -0.25) is 0 Å². The first-order valence-corrected chi connectivity index (χ1v) is 5.64. The molecule has 0 unspecified atom stereocenters. The average molecular weight is 192 g/mol. The van der Waals surface area contributed by atoms with E-state index in [2.05, 4.69) is 43.3 Å². The minimum absolute atomic E-state index is 0.537. The molecule has 0 bridgehead atoms. The van der Waals surface area contributed by atoms with Gasteiger partial charge in [-0.05, 0) is 24.0 Å². The highest BCUT2D eigenvalue weighted by molar-refractivity contribution is 5.28. The van der Waals surface area contributed by atoms with Crippen molar-refractivity contribution in [2.45, 2.75) is 45.7 Å². The molecule has 14 heavy (non-hydrogen) atoms. The topological polar surface area (TPSA) is 27.8 Å². The van der Waals surface area contributed by atoms with Crippen LogP contribution in [0.1, 0.15) is 44.5 Å². The summed E-state index contributed by atoms with van der Waals surface area (Å²) in [6, 6.07) is 3.40. The maximum absolute atomic E-state index is 3.72. The van der Waals surface area contributed by atoms with E-state index in [0.29, 0.717) is 18.0 Å². The third-order valence-electron chi connectivity index (χ3n) is 3.23. The summed E-state index contributed by atoms with van der Waals surface area (Å²) < 4.78 is 0. The largest absolute Gasteiger partial charge is 0.365 e. The Morgan fingerprint density at radius 1 is 1.50 bits per heavy atom. The van der Waals surface area contributed by atoms with Gasteiger partial charge >= 0.3 is 0 Å². The summed E-state index contributed by atoms with van der Waals surface area (Å²) >= 11 is 0. The van der Waals surface area contributed by atoms with Gasteiger partial charge in [0.05, 0.1) is 0 Å². The Balaban J connectivity index is 2.27. The minimum atomic E-state index is 0.537. The summed E-state index contributed by atoms with van der Waals surface area (Å²) in [7, 11) is 0. The Labute approximate surface area is 86.1 Å². The van der Waals surface area contributed by atoms with Crippen LogP contribution in [0.2, 0.25) is 0 Å². The minimum Gasteiger partial charge on any atom is -0.365 e. The SMILES string of the molecule is CC[C@@H]1Cc2[nH]ccc2[C@@H](C(C)C)N1. The van der Waals surface area contributed by atoms with E-state index in [9.17, 15) is 0 Å².